The lowest BCUT2D eigenvalue weighted by atomic mass is 10.0. The molecular weight excluding hydrogens is 267 g/mol. The molecule has 0 aliphatic rings. The third-order valence-corrected chi connectivity index (χ3v) is 3.07. The summed E-state index contributed by atoms with van der Waals surface area (Å²) in [7, 11) is 1.55. The molecule has 0 bridgehead atoms. The SMILES string of the molecule is COc1ccccc1CC(=O)c1ccc(F)c(Cl)c1. The van der Waals surface area contributed by atoms with Crippen LogP contribution in [-0.4, -0.2) is 12.9 Å². The molecule has 0 spiro atoms. The van der Waals surface area contributed by atoms with Crippen molar-refractivity contribution in [3.05, 3.63) is 64.4 Å². The van der Waals surface area contributed by atoms with Gasteiger partial charge in [-0.2, -0.15) is 0 Å². The van der Waals surface area contributed by atoms with Crippen molar-refractivity contribution in [1.82, 2.24) is 0 Å². The molecule has 0 saturated heterocycles. The van der Waals surface area contributed by atoms with E-state index in [1.165, 1.54) is 18.2 Å². The topological polar surface area (TPSA) is 26.3 Å². The molecule has 0 saturated carbocycles. The summed E-state index contributed by atoms with van der Waals surface area (Å²) in [5, 5.41) is -0.0501. The number of halogens is 2. The van der Waals surface area contributed by atoms with Gasteiger partial charge in [0.2, 0.25) is 0 Å². The fraction of sp³-hybridized carbons (Fsp3) is 0.133. The predicted octanol–water partition coefficient (Wildman–Crippen LogP) is 3.91. The van der Waals surface area contributed by atoms with Crippen LogP contribution in [0.4, 0.5) is 4.39 Å². The first kappa shape index (κ1) is 13.6. The van der Waals surface area contributed by atoms with Crippen LogP contribution in [0.2, 0.25) is 5.02 Å². The highest BCUT2D eigenvalue weighted by atomic mass is 35.5. The van der Waals surface area contributed by atoms with Gasteiger partial charge in [-0.25, -0.2) is 4.39 Å². The molecule has 0 radical (unpaired) electrons. The first-order valence-corrected chi connectivity index (χ1v) is 6.09. The Morgan fingerprint density at radius 2 is 2.00 bits per heavy atom. The van der Waals surface area contributed by atoms with Crippen LogP contribution in [0.3, 0.4) is 0 Å². The van der Waals surface area contributed by atoms with Gasteiger partial charge in [0.1, 0.15) is 11.6 Å². The Labute approximate surface area is 115 Å². The Hall–Kier alpha value is -1.87. The van der Waals surface area contributed by atoms with Gasteiger partial charge < -0.3 is 4.74 Å². The summed E-state index contributed by atoms with van der Waals surface area (Å²) in [4.78, 5) is 12.1. The quantitative estimate of drug-likeness (QED) is 0.793. The molecule has 0 atom stereocenters. The van der Waals surface area contributed by atoms with Gasteiger partial charge >= 0.3 is 0 Å². The molecule has 19 heavy (non-hydrogen) atoms. The third kappa shape index (κ3) is 3.12. The van der Waals surface area contributed by atoms with E-state index in [9.17, 15) is 9.18 Å². The van der Waals surface area contributed by atoms with Crippen LogP contribution < -0.4 is 4.74 Å². The van der Waals surface area contributed by atoms with Crippen LogP contribution in [0.5, 0.6) is 5.75 Å². The molecule has 0 heterocycles. The van der Waals surface area contributed by atoms with E-state index in [4.69, 9.17) is 16.3 Å². The molecule has 2 rings (SSSR count). The van der Waals surface area contributed by atoms with Crippen LogP contribution in [-0.2, 0) is 6.42 Å². The van der Waals surface area contributed by atoms with Gasteiger partial charge in [0.15, 0.2) is 5.78 Å². The number of hydrogen-bond acceptors (Lipinski definition) is 2. The smallest absolute Gasteiger partial charge is 0.167 e. The minimum absolute atomic E-state index is 0.0501. The van der Waals surface area contributed by atoms with Crippen molar-refractivity contribution in [2.75, 3.05) is 7.11 Å². The molecule has 98 valence electrons. The molecule has 0 aromatic heterocycles. The number of carbonyl (C=O) groups excluding carboxylic acids is 1. The molecule has 0 aliphatic heterocycles. The minimum atomic E-state index is -0.532. The highest BCUT2D eigenvalue weighted by molar-refractivity contribution is 6.31. The molecule has 0 unspecified atom stereocenters. The monoisotopic (exact) mass is 278 g/mol. The second-order valence-electron chi connectivity index (χ2n) is 4.04. The minimum Gasteiger partial charge on any atom is -0.496 e. The number of para-hydroxylation sites is 1. The standard InChI is InChI=1S/C15H12ClFO2/c1-19-15-5-3-2-4-11(15)9-14(18)10-6-7-13(17)12(16)8-10/h2-8H,9H2,1H3. The van der Waals surface area contributed by atoms with E-state index >= 15 is 0 Å². The zero-order chi connectivity index (χ0) is 13.8. The summed E-state index contributed by atoms with van der Waals surface area (Å²) in [6.45, 7) is 0. The van der Waals surface area contributed by atoms with E-state index < -0.39 is 5.82 Å². The Kier molecular flexibility index (Phi) is 4.17. The second kappa shape index (κ2) is 5.85. The van der Waals surface area contributed by atoms with Crippen LogP contribution >= 0.6 is 11.6 Å². The van der Waals surface area contributed by atoms with Crippen molar-refractivity contribution < 1.29 is 13.9 Å². The summed E-state index contributed by atoms with van der Waals surface area (Å²) >= 11 is 5.67. The summed E-state index contributed by atoms with van der Waals surface area (Å²) in [6, 6.07) is 11.2. The summed E-state index contributed by atoms with van der Waals surface area (Å²) in [6.07, 6.45) is 0.186. The second-order valence-corrected chi connectivity index (χ2v) is 4.45. The van der Waals surface area contributed by atoms with Gasteiger partial charge in [0, 0.05) is 17.5 Å². The number of rotatable bonds is 4. The molecule has 0 amide bonds. The lowest BCUT2D eigenvalue weighted by molar-refractivity contribution is 0.0992. The lowest BCUT2D eigenvalue weighted by Gasteiger charge is -2.07. The zero-order valence-corrected chi connectivity index (χ0v) is 11.1. The molecule has 0 aliphatic carbocycles. The Morgan fingerprint density at radius 3 is 2.68 bits per heavy atom. The fourth-order valence-corrected chi connectivity index (χ4v) is 1.97. The number of benzene rings is 2. The number of ketones is 1. The Balaban J connectivity index is 2.23. The largest absolute Gasteiger partial charge is 0.496 e. The highest BCUT2D eigenvalue weighted by Crippen LogP contribution is 2.21. The molecule has 0 fully saturated rings. The van der Waals surface area contributed by atoms with Gasteiger partial charge in [0.05, 0.1) is 12.1 Å². The first-order valence-electron chi connectivity index (χ1n) is 5.72. The Bertz CT molecular complexity index is 611. The maximum atomic E-state index is 13.0. The molecule has 4 heteroatoms. The predicted molar refractivity (Wildman–Crippen MR) is 72.4 cm³/mol. The van der Waals surface area contributed by atoms with E-state index in [0.717, 1.165) is 5.56 Å². The third-order valence-electron chi connectivity index (χ3n) is 2.79. The van der Waals surface area contributed by atoms with Crippen molar-refractivity contribution >= 4 is 17.4 Å². The first-order chi connectivity index (χ1) is 9.11. The van der Waals surface area contributed by atoms with Crippen molar-refractivity contribution in [3.63, 3.8) is 0 Å². The Morgan fingerprint density at radius 1 is 1.26 bits per heavy atom. The van der Waals surface area contributed by atoms with Crippen molar-refractivity contribution in [2.45, 2.75) is 6.42 Å². The van der Waals surface area contributed by atoms with Gasteiger partial charge in [0.25, 0.3) is 0 Å². The zero-order valence-electron chi connectivity index (χ0n) is 10.3. The van der Waals surface area contributed by atoms with Crippen LogP contribution in [0.25, 0.3) is 0 Å². The van der Waals surface area contributed by atoms with E-state index in [-0.39, 0.29) is 17.2 Å². The van der Waals surface area contributed by atoms with E-state index in [1.807, 2.05) is 18.2 Å². The lowest BCUT2D eigenvalue weighted by Crippen LogP contribution is -2.05. The maximum absolute atomic E-state index is 13.0. The number of methoxy groups -OCH3 is 1. The van der Waals surface area contributed by atoms with Gasteiger partial charge in [-0.15, -0.1) is 0 Å². The van der Waals surface area contributed by atoms with E-state index in [0.29, 0.717) is 11.3 Å². The van der Waals surface area contributed by atoms with Crippen molar-refractivity contribution in [2.24, 2.45) is 0 Å². The van der Waals surface area contributed by atoms with Crippen LogP contribution in [0, 0.1) is 5.82 Å². The normalized spacial score (nSPS) is 10.3. The van der Waals surface area contributed by atoms with E-state index in [2.05, 4.69) is 0 Å². The number of ether oxygens (including phenoxy) is 1. The number of Topliss-reactive ketones (excluding diaryl/α,β-unsaturated/α-hetero) is 1. The van der Waals surface area contributed by atoms with Crippen LogP contribution in [0.15, 0.2) is 42.5 Å². The fourth-order valence-electron chi connectivity index (χ4n) is 1.79. The van der Waals surface area contributed by atoms with E-state index in [1.54, 1.807) is 13.2 Å². The number of carbonyl (C=O) groups is 1. The molecule has 0 N–H and O–H groups in total. The maximum Gasteiger partial charge on any atom is 0.167 e. The summed E-state index contributed by atoms with van der Waals surface area (Å²) in [5.74, 6) is -0.00836. The van der Waals surface area contributed by atoms with Crippen molar-refractivity contribution in [1.29, 1.82) is 0 Å². The average Bonchev–Trinajstić information content (AvgIpc) is 2.42. The van der Waals surface area contributed by atoms with Gasteiger partial charge in [-0.1, -0.05) is 29.8 Å². The number of hydrogen-bond donors (Lipinski definition) is 0. The van der Waals surface area contributed by atoms with Crippen molar-refractivity contribution in [3.8, 4) is 5.75 Å². The van der Waals surface area contributed by atoms with Crippen LogP contribution in [0.1, 0.15) is 15.9 Å². The molecule has 2 aromatic rings. The molecule has 2 aromatic carbocycles. The van der Waals surface area contributed by atoms with Gasteiger partial charge in [-0.05, 0) is 24.3 Å². The molecule has 2 nitrogen and oxygen atoms in total. The highest BCUT2D eigenvalue weighted by Gasteiger charge is 2.12. The summed E-state index contributed by atoms with van der Waals surface area (Å²) < 4.78 is 18.2. The summed E-state index contributed by atoms with van der Waals surface area (Å²) in [5.41, 5.74) is 1.17. The van der Waals surface area contributed by atoms with Gasteiger partial charge in [-0.3, -0.25) is 4.79 Å². The molecular formula is C15H12ClFO2. The average molecular weight is 279 g/mol.